The summed E-state index contributed by atoms with van der Waals surface area (Å²) in [6.45, 7) is 3.65. The molecule has 2 aliphatic carbocycles. The molecule has 3 atom stereocenters. The molecule has 1 aromatic rings. The maximum absolute atomic E-state index is 13.7. The second kappa shape index (κ2) is 9.41. The van der Waals surface area contributed by atoms with Crippen LogP contribution in [0.5, 0.6) is 5.75 Å². The molecule has 1 aromatic carbocycles. The molecule has 176 valence electrons. The van der Waals surface area contributed by atoms with Crippen LogP contribution in [-0.2, 0) is 23.9 Å². The van der Waals surface area contributed by atoms with E-state index >= 15 is 0 Å². The number of hydrogen-bond donors (Lipinski definition) is 2. The van der Waals surface area contributed by atoms with Crippen molar-refractivity contribution in [1.82, 2.24) is 5.32 Å². The third-order valence-corrected chi connectivity index (χ3v) is 6.99. The Bertz CT molecular complexity index is 1030. The van der Waals surface area contributed by atoms with Crippen LogP contribution in [0, 0.1) is 11.8 Å². The summed E-state index contributed by atoms with van der Waals surface area (Å²) < 4.78 is 10.8. The number of ether oxygens (including phenoxy) is 2. The van der Waals surface area contributed by atoms with Crippen molar-refractivity contribution in [1.29, 1.82) is 0 Å². The van der Waals surface area contributed by atoms with Gasteiger partial charge in [0, 0.05) is 22.9 Å². The summed E-state index contributed by atoms with van der Waals surface area (Å²) in [5.41, 5.74) is 2.64. The Kier molecular flexibility index (Phi) is 6.58. The van der Waals surface area contributed by atoms with Gasteiger partial charge in [0.2, 0.25) is 0 Å². The molecule has 1 fully saturated rings. The maximum Gasteiger partial charge on any atom is 0.337 e. The molecule has 1 aliphatic heterocycles. The molecule has 0 saturated heterocycles. The average Bonchev–Trinajstić information content (AvgIpc) is 2.78. The van der Waals surface area contributed by atoms with Crippen LogP contribution in [0.2, 0.25) is 0 Å². The summed E-state index contributed by atoms with van der Waals surface area (Å²) in [6, 6.07) is 6.55. The van der Waals surface area contributed by atoms with E-state index in [1.54, 1.807) is 31.2 Å². The number of allylic oxidation sites excluding steroid dienone is 3. The Hall–Kier alpha value is -3.09. The van der Waals surface area contributed by atoms with E-state index in [0.717, 1.165) is 32.1 Å². The minimum absolute atomic E-state index is 0.0342. The minimum Gasteiger partial charge on any atom is -0.508 e. The Balaban J connectivity index is 1.78. The van der Waals surface area contributed by atoms with Crippen molar-refractivity contribution in [2.45, 2.75) is 64.4 Å². The second-order valence-corrected chi connectivity index (χ2v) is 9.30. The average molecular weight is 454 g/mol. The molecule has 0 spiro atoms. The smallest absolute Gasteiger partial charge is 0.337 e. The van der Waals surface area contributed by atoms with E-state index in [1.165, 1.54) is 7.11 Å². The van der Waals surface area contributed by atoms with Gasteiger partial charge in [0.25, 0.3) is 0 Å². The highest BCUT2D eigenvalue weighted by molar-refractivity contribution is 6.12. The highest BCUT2D eigenvalue weighted by atomic mass is 16.5. The summed E-state index contributed by atoms with van der Waals surface area (Å²) in [5, 5.41) is 13.4. The van der Waals surface area contributed by atoms with Gasteiger partial charge in [0.1, 0.15) is 17.8 Å². The molecule has 2 N–H and O–H groups in total. The van der Waals surface area contributed by atoms with Gasteiger partial charge in [-0.15, -0.1) is 0 Å². The number of dihydropyridines is 1. The van der Waals surface area contributed by atoms with Gasteiger partial charge in [-0.05, 0) is 62.6 Å². The van der Waals surface area contributed by atoms with Gasteiger partial charge in [0.15, 0.2) is 5.78 Å². The van der Waals surface area contributed by atoms with Crippen LogP contribution in [0.3, 0.4) is 0 Å². The van der Waals surface area contributed by atoms with Crippen molar-refractivity contribution < 1.29 is 29.0 Å². The number of rotatable bonds is 4. The largest absolute Gasteiger partial charge is 0.508 e. The Morgan fingerprint density at radius 3 is 2.55 bits per heavy atom. The maximum atomic E-state index is 13.7. The quantitative estimate of drug-likeness (QED) is 0.527. The molecule has 0 radical (unpaired) electrons. The van der Waals surface area contributed by atoms with Gasteiger partial charge < -0.3 is 19.9 Å². The third kappa shape index (κ3) is 4.41. The van der Waals surface area contributed by atoms with Gasteiger partial charge >= 0.3 is 11.9 Å². The zero-order valence-corrected chi connectivity index (χ0v) is 19.3. The lowest BCUT2D eigenvalue weighted by molar-refractivity contribution is -0.151. The van der Waals surface area contributed by atoms with E-state index in [9.17, 15) is 19.5 Å². The molecular formula is C26H31NO6. The summed E-state index contributed by atoms with van der Waals surface area (Å²) in [4.78, 5) is 39.6. The zero-order chi connectivity index (χ0) is 23.7. The van der Waals surface area contributed by atoms with Crippen LogP contribution in [0.25, 0.3) is 0 Å². The van der Waals surface area contributed by atoms with Crippen LogP contribution < -0.4 is 5.32 Å². The normalized spacial score (nSPS) is 25.9. The zero-order valence-electron chi connectivity index (χ0n) is 19.3. The van der Waals surface area contributed by atoms with Crippen LogP contribution in [-0.4, -0.2) is 36.0 Å². The fraction of sp³-hybridized carbons (Fsp3) is 0.500. The topological polar surface area (TPSA) is 102 Å². The molecule has 0 amide bonds. The lowest BCUT2D eigenvalue weighted by atomic mass is 9.69. The predicted octanol–water partition coefficient (Wildman–Crippen LogP) is 3.88. The van der Waals surface area contributed by atoms with Gasteiger partial charge in [-0.3, -0.25) is 9.59 Å². The van der Waals surface area contributed by atoms with Crippen molar-refractivity contribution >= 4 is 17.7 Å². The fourth-order valence-corrected chi connectivity index (χ4v) is 5.39. The van der Waals surface area contributed by atoms with Crippen molar-refractivity contribution in [3.8, 4) is 5.75 Å². The van der Waals surface area contributed by atoms with Crippen LogP contribution in [0.4, 0.5) is 0 Å². The summed E-state index contributed by atoms with van der Waals surface area (Å²) in [5.74, 6) is -3.29. The van der Waals surface area contributed by atoms with E-state index in [0.29, 0.717) is 34.5 Å². The fourth-order valence-electron chi connectivity index (χ4n) is 5.39. The van der Waals surface area contributed by atoms with Crippen molar-refractivity contribution in [3.63, 3.8) is 0 Å². The summed E-state index contributed by atoms with van der Waals surface area (Å²) >= 11 is 0. The number of aromatic hydroxyl groups is 1. The molecule has 0 bridgehead atoms. The molecule has 7 heteroatoms. The molecule has 0 unspecified atom stereocenters. The van der Waals surface area contributed by atoms with Crippen LogP contribution >= 0.6 is 0 Å². The van der Waals surface area contributed by atoms with E-state index in [4.69, 9.17) is 9.47 Å². The molecular weight excluding hydrogens is 422 g/mol. The van der Waals surface area contributed by atoms with Gasteiger partial charge in [-0.25, -0.2) is 4.79 Å². The standard InChI is InChI=1S/C26H31NO6/c1-14-12-19-23(24(29)20(14)25(30)32-3)22(16-8-7-9-17(28)13-16)21(15(2)27-19)26(31)33-18-10-5-4-6-11-18/h7-9,13-14,18,20,22,27-28H,4-6,10-12H2,1-3H3/t14-,20+,22+/m0/s1. The molecule has 7 nitrogen and oxygen atoms in total. The molecule has 3 aliphatic rings. The van der Waals surface area contributed by atoms with E-state index < -0.39 is 23.8 Å². The van der Waals surface area contributed by atoms with Crippen molar-refractivity contribution in [2.24, 2.45) is 11.8 Å². The first-order valence-corrected chi connectivity index (χ1v) is 11.6. The molecule has 1 saturated carbocycles. The Labute approximate surface area is 193 Å². The monoisotopic (exact) mass is 453 g/mol. The van der Waals surface area contributed by atoms with Crippen molar-refractivity contribution in [3.05, 3.63) is 52.4 Å². The minimum atomic E-state index is -0.940. The Morgan fingerprint density at radius 2 is 1.88 bits per heavy atom. The van der Waals surface area contributed by atoms with Gasteiger partial charge in [-0.1, -0.05) is 25.5 Å². The SMILES string of the molecule is COC(=O)[C@H]1C(=O)C2=C(C[C@@H]1C)NC(C)=C(C(=O)OC1CCCCC1)[C@H]2c1cccc(O)c1. The highest BCUT2D eigenvalue weighted by Gasteiger charge is 2.47. The predicted molar refractivity (Wildman–Crippen MR) is 121 cm³/mol. The molecule has 4 rings (SSSR count). The number of benzene rings is 1. The van der Waals surface area contributed by atoms with Gasteiger partial charge in [-0.2, -0.15) is 0 Å². The number of phenols is 1. The van der Waals surface area contributed by atoms with Gasteiger partial charge in [0.05, 0.1) is 12.7 Å². The van der Waals surface area contributed by atoms with E-state index in [-0.39, 0.29) is 23.6 Å². The third-order valence-electron chi connectivity index (χ3n) is 6.99. The first-order chi connectivity index (χ1) is 15.8. The summed E-state index contributed by atoms with van der Waals surface area (Å²) in [6.07, 6.45) is 5.18. The van der Waals surface area contributed by atoms with E-state index in [1.807, 2.05) is 6.92 Å². The van der Waals surface area contributed by atoms with Crippen LogP contribution in [0.15, 0.2) is 46.8 Å². The number of esters is 2. The molecule has 33 heavy (non-hydrogen) atoms. The van der Waals surface area contributed by atoms with E-state index in [2.05, 4.69) is 5.32 Å². The highest BCUT2D eigenvalue weighted by Crippen LogP contribution is 2.46. The number of carbonyl (C=O) groups excluding carboxylic acids is 3. The number of methoxy groups -OCH3 is 1. The number of ketones is 1. The Morgan fingerprint density at radius 1 is 1.15 bits per heavy atom. The first-order valence-electron chi connectivity index (χ1n) is 11.6. The summed E-state index contributed by atoms with van der Waals surface area (Å²) in [7, 11) is 1.27. The number of hydrogen-bond acceptors (Lipinski definition) is 7. The number of phenolic OH excluding ortho intramolecular Hbond substituents is 1. The van der Waals surface area contributed by atoms with Crippen LogP contribution in [0.1, 0.15) is 63.9 Å². The molecule has 0 aromatic heterocycles. The van der Waals surface area contributed by atoms with Crippen molar-refractivity contribution in [2.75, 3.05) is 7.11 Å². The molecule has 1 heterocycles. The number of nitrogens with one attached hydrogen (secondary N) is 1. The number of Topliss-reactive ketones (excluding diaryl/α,β-unsaturated/α-hetero) is 1. The lowest BCUT2D eigenvalue weighted by Crippen LogP contribution is -2.43. The number of carbonyl (C=O) groups is 3. The lowest BCUT2D eigenvalue weighted by Gasteiger charge is -2.38. The first kappa shape index (κ1) is 23.1. The second-order valence-electron chi connectivity index (χ2n) is 9.30.